The summed E-state index contributed by atoms with van der Waals surface area (Å²) in [6.07, 6.45) is 1.59. The highest BCUT2D eigenvalue weighted by atomic mass is 79.9. The van der Waals surface area contributed by atoms with Gasteiger partial charge in [-0.05, 0) is 40.2 Å². The molecule has 0 saturated carbocycles. The zero-order valence-electron chi connectivity index (χ0n) is 9.64. The van der Waals surface area contributed by atoms with Gasteiger partial charge in [0.15, 0.2) is 5.69 Å². The second kappa shape index (κ2) is 5.52. The Balaban J connectivity index is 2.32. The van der Waals surface area contributed by atoms with Crippen molar-refractivity contribution in [2.75, 3.05) is 12.4 Å². The molecular weight excluding hydrogens is 294 g/mol. The topological polar surface area (TPSA) is 57.9 Å². The number of hydrogen-bond acceptors (Lipinski definition) is 4. The highest BCUT2D eigenvalue weighted by Gasteiger charge is 2.05. The van der Waals surface area contributed by atoms with Gasteiger partial charge in [-0.3, -0.25) is 0 Å². The number of methoxy groups -OCH3 is 1. The van der Waals surface area contributed by atoms with Crippen LogP contribution in [-0.2, 0) is 0 Å². The van der Waals surface area contributed by atoms with Gasteiger partial charge in [0, 0.05) is 18.0 Å². The number of anilines is 2. The lowest BCUT2D eigenvalue weighted by atomic mass is 10.2. The van der Waals surface area contributed by atoms with Gasteiger partial charge >= 0.3 is 0 Å². The van der Waals surface area contributed by atoms with Crippen LogP contribution in [0.25, 0.3) is 0 Å². The van der Waals surface area contributed by atoms with Gasteiger partial charge in [-0.25, -0.2) is 4.98 Å². The fourth-order valence-corrected chi connectivity index (χ4v) is 1.90. The molecule has 4 nitrogen and oxygen atoms in total. The van der Waals surface area contributed by atoms with Gasteiger partial charge in [0.05, 0.1) is 17.3 Å². The molecule has 0 amide bonds. The van der Waals surface area contributed by atoms with E-state index in [0.29, 0.717) is 11.4 Å². The van der Waals surface area contributed by atoms with Crippen LogP contribution >= 0.6 is 15.9 Å². The molecule has 0 atom stereocenters. The summed E-state index contributed by atoms with van der Waals surface area (Å²) in [5.74, 6) is 0.724. The van der Waals surface area contributed by atoms with Gasteiger partial charge in [-0.1, -0.05) is 0 Å². The second-order valence-corrected chi connectivity index (χ2v) is 4.34. The summed E-state index contributed by atoms with van der Waals surface area (Å²) in [7, 11) is 1.61. The monoisotopic (exact) mass is 303 g/mol. The normalized spacial score (nSPS) is 9.61. The zero-order chi connectivity index (χ0) is 13.0. The third-order valence-corrected chi connectivity index (χ3v) is 3.00. The Kier molecular flexibility index (Phi) is 3.80. The van der Waals surface area contributed by atoms with Gasteiger partial charge in [0.1, 0.15) is 11.8 Å². The van der Waals surface area contributed by atoms with Crippen molar-refractivity contribution in [3.63, 3.8) is 0 Å². The van der Waals surface area contributed by atoms with Crippen LogP contribution in [0.15, 0.2) is 41.0 Å². The molecular formula is C13H10BrN3O. The summed E-state index contributed by atoms with van der Waals surface area (Å²) in [5, 5.41) is 12.1. The minimum absolute atomic E-state index is 0.361. The molecule has 1 aromatic heterocycles. The highest BCUT2D eigenvalue weighted by Crippen LogP contribution is 2.29. The number of rotatable bonds is 3. The molecule has 0 aliphatic rings. The number of pyridine rings is 1. The summed E-state index contributed by atoms with van der Waals surface area (Å²) < 4.78 is 6.09. The molecule has 0 saturated heterocycles. The van der Waals surface area contributed by atoms with E-state index in [9.17, 15) is 0 Å². The van der Waals surface area contributed by atoms with E-state index in [0.717, 1.165) is 15.9 Å². The fourth-order valence-electron chi connectivity index (χ4n) is 1.49. The van der Waals surface area contributed by atoms with E-state index in [1.165, 1.54) is 0 Å². The lowest BCUT2D eigenvalue weighted by Crippen LogP contribution is -1.96. The Morgan fingerprint density at radius 2 is 2.22 bits per heavy atom. The van der Waals surface area contributed by atoms with Gasteiger partial charge in [0.25, 0.3) is 0 Å². The predicted octanol–water partition coefficient (Wildman–Crippen LogP) is 3.47. The maximum atomic E-state index is 8.96. The van der Waals surface area contributed by atoms with Crippen molar-refractivity contribution in [2.45, 2.75) is 0 Å². The maximum Gasteiger partial charge on any atom is 0.163 e. The molecule has 1 N–H and O–H groups in total. The molecule has 0 aliphatic heterocycles. The van der Waals surface area contributed by atoms with Crippen LogP contribution in [0.1, 0.15) is 5.69 Å². The third kappa shape index (κ3) is 2.60. The standard InChI is InChI=1S/C13H10BrN3O/c1-18-13-7-9(4-5-10(13)14)17-11-3-2-6-16-12(11)8-15/h2-7,17H,1H3. The Bertz CT molecular complexity index is 607. The van der Waals surface area contributed by atoms with Crippen LogP contribution in [-0.4, -0.2) is 12.1 Å². The molecule has 90 valence electrons. The van der Waals surface area contributed by atoms with E-state index >= 15 is 0 Å². The molecule has 0 radical (unpaired) electrons. The zero-order valence-corrected chi connectivity index (χ0v) is 11.2. The maximum absolute atomic E-state index is 8.96. The molecule has 0 spiro atoms. The summed E-state index contributed by atoms with van der Waals surface area (Å²) in [4.78, 5) is 3.99. The highest BCUT2D eigenvalue weighted by molar-refractivity contribution is 9.10. The van der Waals surface area contributed by atoms with Crippen molar-refractivity contribution >= 4 is 27.3 Å². The molecule has 18 heavy (non-hydrogen) atoms. The van der Waals surface area contributed by atoms with E-state index in [2.05, 4.69) is 26.2 Å². The number of nitrogens with zero attached hydrogens (tertiary/aromatic N) is 2. The number of nitriles is 1. The molecule has 0 fully saturated rings. The van der Waals surface area contributed by atoms with Gasteiger partial charge in [0.2, 0.25) is 0 Å². The first-order chi connectivity index (χ1) is 8.74. The minimum atomic E-state index is 0.361. The van der Waals surface area contributed by atoms with Crippen LogP contribution in [0.5, 0.6) is 5.75 Å². The second-order valence-electron chi connectivity index (χ2n) is 3.49. The van der Waals surface area contributed by atoms with Crippen molar-refractivity contribution in [3.8, 4) is 11.8 Å². The largest absolute Gasteiger partial charge is 0.495 e. The van der Waals surface area contributed by atoms with E-state index in [1.54, 1.807) is 25.4 Å². The SMILES string of the molecule is COc1cc(Nc2cccnc2C#N)ccc1Br. The molecule has 1 aromatic carbocycles. The molecule has 1 heterocycles. The van der Waals surface area contributed by atoms with Crippen molar-refractivity contribution in [1.82, 2.24) is 4.98 Å². The number of hydrogen-bond donors (Lipinski definition) is 1. The lowest BCUT2D eigenvalue weighted by molar-refractivity contribution is 0.412. The van der Waals surface area contributed by atoms with Crippen molar-refractivity contribution < 1.29 is 4.74 Å². The molecule has 2 rings (SSSR count). The van der Waals surface area contributed by atoms with E-state index in [-0.39, 0.29) is 0 Å². The minimum Gasteiger partial charge on any atom is -0.495 e. The van der Waals surface area contributed by atoms with E-state index in [1.807, 2.05) is 24.3 Å². The van der Waals surface area contributed by atoms with E-state index < -0.39 is 0 Å². The van der Waals surface area contributed by atoms with Crippen molar-refractivity contribution in [1.29, 1.82) is 5.26 Å². The first-order valence-electron chi connectivity index (χ1n) is 5.20. The van der Waals surface area contributed by atoms with Crippen molar-refractivity contribution in [2.24, 2.45) is 0 Å². The third-order valence-electron chi connectivity index (χ3n) is 2.34. The summed E-state index contributed by atoms with van der Waals surface area (Å²) in [5.41, 5.74) is 1.86. The summed E-state index contributed by atoms with van der Waals surface area (Å²) in [6, 6.07) is 11.2. The predicted molar refractivity (Wildman–Crippen MR) is 72.9 cm³/mol. The Morgan fingerprint density at radius 1 is 1.39 bits per heavy atom. The van der Waals surface area contributed by atoms with Crippen molar-refractivity contribution in [3.05, 3.63) is 46.7 Å². The Labute approximate surface area is 113 Å². The molecule has 0 bridgehead atoms. The summed E-state index contributed by atoms with van der Waals surface area (Å²) in [6.45, 7) is 0. The van der Waals surface area contributed by atoms with Crippen LogP contribution in [0.2, 0.25) is 0 Å². The average Bonchev–Trinajstić information content (AvgIpc) is 2.41. The molecule has 2 aromatic rings. The quantitative estimate of drug-likeness (QED) is 0.943. The number of halogens is 1. The number of benzene rings is 1. The molecule has 0 unspecified atom stereocenters. The van der Waals surface area contributed by atoms with Gasteiger partial charge in [-0.2, -0.15) is 5.26 Å². The molecule has 0 aliphatic carbocycles. The van der Waals surface area contributed by atoms with Crippen LogP contribution in [0.3, 0.4) is 0 Å². The Hall–Kier alpha value is -2.06. The average molecular weight is 304 g/mol. The molecule has 5 heteroatoms. The number of nitrogens with one attached hydrogen (secondary N) is 1. The Morgan fingerprint density at radius 3 is 2.94 bits per heavy atom. The lowest BCUT2D eigenvalue weighted by Gasteiger charge is -2.10. The number of aromatic nitrogens is 1. The fraction of sp³-hybridized carbons (Fsp3) is 0.0769. The first kappa shape index (κ1) is 12.4. The van der Waals surface area contributed by atoms with Crippen LogP contribution in [0, 0.1) is 11.3 Å². The first-order valence-corrected chi connectivity index (χ1v) is 5.99. The summed E-state index contributed by atoms with van der Waals surface area (Å²) >= 11 is 3.39. The van der Waals surface area contributed by atoms with Gasteiger partial charge < -0.3 is 10.1 Å². The smallest absolute Gasteiger partial charge is 0.163 e. The van der Waals surface area contributed by atoms with E-state index in [4.69, 9.17) is 10.00 Å². The van der Waals surface area contributed by atoms with Crippen LogP contribution < -0.4 is 10.1 Å². The van der Waals surface area contributed by atoms with Gasteiger partial charge in [-0.15, -0.1) is 0 Å². The van der Waals surface area contributed by atoms with Crippen LogP contribution in [0.4, 0.5) is 11.4 Å². The number of ether oxygens (including phenoxy) is 1.